The third-order valence-corrected chi connectivity index (χ3v) is 0.234. The zero-order valence-corrected chi connectivity index (χ0v) is 5.88. The summed E-state index contributed by atoms with van der Waals surface area (Å²) in [7, 11) is 0. The molecular weight excluding hydrogens is 107 g/mol. The van der Waals surface area contributed by atoms with E-state index in [9.17, 15) is 4.79 Å². The Bertz CT molecular complexity index is 124. The standard InChI is InChI=1S/C3H6O3.Na.H/c1-2(4)3(5)6;;/h2,4H,1H3,(H,5,6);;/q;+1;-1/i1D3;;. The molecule has 0 saturated carbocycles. The van der Waals surface area contributed by atoms with E-state index in [2.05, 4.69) is 0 Å². The summed E-state index contributed by atoms with van der Waals surface area (Å²) in [4.78, 5) is 9.74. The van der Waals surface area contributed by atoms with Crippen LogP contribution in [-0.2, 0) is 4.79 Å². The van der Waals surface area contributed by atoms with Crippen LogP contribution in [0.3, 0.4) is 0 Å². The maximum atomic E-state index is 9.74. The maximum absolute atomic E-state index is 9.74. The minimum absolute atomic E-state index is 0. The molecule has 0 aromatic heterocycles. The summed E-state index contributed by atoms with van der Waals surface area (Å²) in [6.07, 6.45) is -2.27. The molecule has 0 aliphatic heterocycles. The van der Waals surface area contributed by atoms with Gasteiger partial charge in [-0.05, 0) is 6.85 Å². The van der Waals surface area contributed by atoms with Gasteiger partial charge in [0.25, 0.3) is 0 Å². The van der Waals surface area contributed by atoms with Crippen molar-refractivity contribution in [2.24, 2.45) is 0 Å². The summed E-state index contributed by atoms with van der Waals surface area (Å²) in [6.45, 7) is -2.81. The first-order valence-electron chi connectivity index (χ1n) is 2.76. The Morgan fingerprint density at radius 1 is 2.14 bits per heavy atom. The molecule has 0 aliphatic carbocycles. The van der Waals surface area contributed by atoms with Crippen molar-refractivity contribution in [2.75, 3.05) is 0 Å². The van der Waals surface area contributed by atoms with Gasteiger partial charge in [0, 0.05) is 4.11 Å². The van der Waals surface area contributed by atoms with Crippen LogP contribution in [0.2, 0.25) is 0 Å². The third kappa shape index (κ3) is 6.43. The van der Waals surface area contributed by atoms with Gasteiger partial charge in [0.15, 0.2) is 0 Å². The van der Waals surface area contributed by atoms with E-state index in [1.165, 1.54) is 0 Å². The molecule has 0 fully saturated rings. The second kappa shape index (κ2) is 4.59. The monoisotopic (exact) mass is 117 g/mol. The van der Waals surface area contributed by atoms with E-state index < -0.39 is 18.9 Å². The van der Waals surface area contributed by atoms with E-state index >= 15 is 0 Å². The van der Waals surface area contributed by atoms with Crippen LogP contribution in [0.15, 0.2) is 0 Å². The number of hydrogen-bond donors (Lipinski definition) is 2. The van der Waals surface area contributed by atoms with Crippen LogP contribution >= 0.6 is 0 Å². The summed E-state index contributed by atoms with van der Waals surface area (Å²) in [5.74, 6) is -1.73. The molecule has 0 bridgehead atoms. The molecule has 0 amide bonds. The first kappa shape index (κ1) is 4.32. The van der Waals surface area contributed by atoms with Crippen molar-refractivity contribution in [3.63, 3.8) is 0 Å². The van der Waals surface area contributed by atoms with Crippen molar-refractivity contribution in [1.29, 1.82) is 0 Å². The number of carboxylic acids is 1. The van der Waals surface area contributed by atoms with Crippen LogP contribution in [0.1, 0.15) is 12.4 Å². The molecule has 1 atom stereocenters. The molecule has 3 nitrogen and oxygen atoms in total. The number of aliphatic hydroxyl groups excluding tert-OH is 1. The molecule has 0 aliphatic rings. The maximum Gasteiger partial charge on any atom is 1.00 e. The molecule has 1 unspecified atom stereocenters. The van der Waals surface area contributed by atoms with Gasteiger partial charge in [0.05, 0.1) is 0 Å². The predicted molar refractivity (Wildman–Crippen MR) is 20.4 cm³/mol. The smallest absolute Gasteiger partial charge is 1.00 e. The number of carboxylic acid groups (broad SMARTS) is 1. The van der Waals surface area contributed by atoms with Gasteiger partial charge in [0.1, 0.15) is 6.10 Å². The van der Waals surface area contributed by atoms with Gasteiger partial charge in [0.2, 0.25) is 0 Å². The molecule has 4 heteroatoms. The van der Waals surface area contributed by atoms with Crippen LogP contribution in [0.25, 0.3) is 0 Å². The fraction of sp³-hybridized carbons (Fsp3) is 0.667. The zero-order valence-electron chi connectivity index (χ0n) is 7.88. The summed E-state index contributed by atoms with van der Waals surface area (Å²) in [6, 6.07) is 0. The van der Waals surface area contributed by atoms with Gasteiger partial charge in [-0.3, -0.25) is 0 Å². The number of rotatable bonds is 1. The quantitative estimate of drug-likeness (QED) is 0.351. The van der Waals surface area contributed by atoms with Crippen molar-refractivity contribution in [3.05, 3.63) is 0 Å². The van der Waals surface area contributed by atoms with Gasteiger partial charge in [-0.1, -0.05) is 0 Å². The average molecular weight is 117 g/mol. The number of aliphatic hydroxyl groups is 1. The molecule has 0 aromatic rings. The fourth-order valence-electron chi connectivity index (χ4n) is 0. The van der Waals surface area contributed by atoms with Gasteiger partial charge in [-0.25, -0.2) is 4.79 Å². The van der Waals surface area contributed by atoms with E-state index in [1.54, 1.807) is 0 Å². The molecular formula is C3H7NaO3. The summed E-state index contributed by atoms with van der Waals surface area (Å²) in [5, 5.41) is 16.2. The molecule has 2 N–H and O–H groups in total. The molecule has 0 radical (unpaired) electrons. The van der Waals surface area contributed by atoms with Crippen LogP contribution in [-0.4, -0.2) is 22.3 Å². The Kier molecular flexibility index (Phi) is 2.83. The number of aliphatic carboxylic acids is 1. The fourth-order valence-corrected chi connectivity index (χ4v) is 0. The molecule has 0 heterocycles. The van der Waals surface area contributed by atoms with Crippen molar-refractivity contribution in [2.45, 2.75) is 13.0 Å². The van der Waals surface area contributed by atoms with Gasteiger partial charge >= 0.3 is 35.5 Å². The largest absolute Gasteiger partial charge is 1.00 e. The second-order valence-electron chi connectivity index (χ2n) is 0.741. The van der Waals surface area contributed by atoms with Crippen molar-refractivity contribution in [3.8, 4) is 0 Å². The molecule has 0 saturated heterocycles. The third-order valence-electron chi connectivity index (χ3n) is 0.234. The van der Waals surface area contributed by atoms with Crippen LogP contribution in [0.5, 0.6) is 0 Å². The number of carbonyl (C=O) groups is 1. The Morgan fingerprint density at radius 3 is 2.57 bits per heavy atom. The van der Waals surface area contributed by atoms with E-state index in [0.29, 0.717) is 0 Å². The topological polar surface area (TPSA) is 57.5 Å². The second-order valence-corrected chi connectivity index (χ2v) is 0.741. The van der Waals surface area contributed by atoms with E-state index in [4.69, 9.17) is 14.3 Å². The summed E-state index contributed by atoms with van der Waals surface area (Å²) >= 11 is 0. The van der Waals surface area contributed by atoms with Crippen molar-refractivity contribution < 1.29 is 50.1 Å². The Labute approximate surface area is 69.3 Å². The van der Waals surface area contributed by atoms with Crippen molar-refractivity contribution in [1.82, 2.24) is 0 Å². The van der Waals surface area contributed by atoms with Gasteiger partial charge in [-0.2, -0.15) is 0 Å². The van der Waals surface area contributed by atoms with Crippen LogP contribution in [0.4, 0.5) is 0 Å². The normalized spacial score (nSPS) is 19.9. The van der Waals surface area contributed by atoms with Crippen LogP contribution in [0, 0.1) is 0 Å². The Balaban J connectivity index is -0.000000320. The first-order valence-corrected chi connectivity index (χ1v) is 1.26. The summed E-state index contributed by atoms with van der Waals surface area (Å²) < 4.78 is 19.1. The predicted octanol–water partition coefficient (Wildman–Crippen LogP) is -3.43. The molecule has 38 valence electrons. The van der Waals surface area contributed by atoms with Gasteiger partial charge < -0.3 is 11.6 Å². The Morgan fingerprint density at radius 2 is 2.57 bits per heavy atom. The first-order chi connectivity index (χ1) is 3.85. The van der Waals surface area contributed by atoms with E-state index in [1.807, 2.05) is 0 Å². The number of hydrogen-bond acceptors (Lipinski definition) is 2. The van der Waals surface area contributed by atoms with E-state index in [-0.39, 0.29) is 31.0 Å². The molecule has 0 aromatic carbocycles. The minimum Gasteiger partial charge on any atom is -1.00 e. The van der Waals surface area contributed by atoms with Gasteiger partial charge in [-0.15, -0.1) is 0 Å². The average Bonchev–Trinajstić information content (AvgIpc) is 1.62. The van der Waals surface area contributed by atoms with E-state index in [0.717, 1.165) is 0 Å². The van der Waals surface area contributed by atoms with Crippen molar-refractivity contribution >= 4 is 5.97 Å². The molecule has 0 spiro atoms. The Hall–Kier alpha value is 0.430. The SMILES string of the molecule is [2H]C([2H])([2H])C(O)C(=O)O.[H-].[Na+]. The molecule has 0 rings (SSSR count). The summed E-state index contributed by atoms with van der Waals surface area (Å²) in [5.41, 5.74) is 0. The van der Waals surface area contributed by atoms with Crippen LogP contribution < -0.4 is 29.6 Å². The molecule has 7 heavy (non-hydrogen) atoms. The zero-order chi connectivity index (χ0) is 7.65. The minimum atomic E-state index is -2.81.